The van der Waals surface area contributed by atoms with E-state index in [0.717, 1.165) is 37.6 Å². The van der Waals surface area contributed by atoms with Gasteiger partial charge in [-0.05, 0) is 31.0 Å². The summed E-state index contributed by atoms with van der Waals surface area (Å²) in [5.41, 5.74) is 2.36. The summed E-state index contributed by atoms with van der Waals surface area (Å²) in [6.07, 6.45) is 3.77. The number of hydrogen-bond acceptors (Lipinski definition) is 3. The molecule has 2 atom stereocenters. The van der Waals surface area contributed by atoms with Crippen LogP contribution in [0.5, 0.6) is 0 Å². The van der Waals surface area contributed by atoms with Crippen molar-refractivity contribution >= 4 is 5.91 Å². The molecule has 0 spiro atoms. The van der Waals surface area contributed by atoms with E-state index in [-0.39, 0.29) is 17.9 Å². The molecule has 0 unspecified atom stereocenters. The Morgan fingerprint density at radius 3 is 2.78 bits per heavy atom. The van der Waals surface area contributed by atoms with Crippen molar-refractivity contribution in [1.82, 2.24) is 24.2 Å². The minimum atomic E-state index is -0.0224. The first-order valence-electron chi connectivity index (χ1n) is 9.61. The lowest BCUT2D eigenvalue weighted by atomic mass is 9.94. The number of aryl methyl sites for hydroxylation is 2. The second-order valence-corrected chi connectivity index (χ2v) is 7.48. The summed E-state index contributed by atoms with van der Waals surface area (Å²) >= 11 is 0. The first-order chi connectivity index (χ1) is 13.2. The highest BCUT2D eigenvalue weighted by molar-refractivity contribution is 5.80. The number of amides is 1. The molecule has 2 aromatic heterocycles. The molecule has 138 valence electrons. The normalized spacial score (nSPS) is 21.6. The number of benzene rings is 1. The van der Waals surface area contributed by atoms with Crippen LogP contribution in [0.15, 0.2) is 48.7 Å². The Kier molecular flexibility index (Phi) is 3.85. The number of nitrogens with zero attached hydrogens (tertiary/aromatic N) is 5. The Hall–Kier alpha value is -2.89. The van der Waals surface area contributed by atoms with Crippen LogP contribution in [0.1, 0.15) is 35.4 Å². The minimum Gasteiger partial charge on any atom is -0.348 e. The number of fused-ring (bicyclic) bond motifs is 2. The van der Waals surface area contributed by atoms with E-state index in [1.807, 2.05) is 25.1 Å². The van der Waals surface area contributed by atoms with Crippen LogP contribution in [0.2, 0.25) is 0 Å². The van der Waals surface area contributed by atoms with Crippen molar-refractivity contribution in [3.8, 4) is 0 Å². The summed E-state index contributed by atoms with van der Waals surface area (Å²) in [5, 5.41) is 8.41. The summed E-state index contributed by atoms with van der Waals surface area (Å²) in [5.74, 6) is 2.13. The lowest BCUT2D eigenvalue weighted by Crippen LogP contribution is -2.46. The Balaban J connectivity index is 1.48. The summed E-state index contributed by atoms with van der Waals surface area (Å²) < 4.78 is 4.38. The van der Waals surface area contributed by atoms with E-state index in [1.54, 1.807) is 0 Å². The van der Waals surface area contributed by atoms with Crippen LogP contribution in [0.25, 0.3) is 0 Å². The zero-order chi connectivity index (χ0) is 18.4. The zero-order valence-corrected chi connectivity index (χ0v) is 15.5. The number of aromatic nitrogens is 4. The monoisotopic (exact) mass is 361 g/mol. The van der Waals surface area contributed by atoms with Gasteiger partial charge in [-0.3, -0.25) is 4.79 Å². The van der Waals surface area contributed by atoms with Gasteiger partial charge in [0.25, 0.3) is 0 Å². The molecule has 2 aliphatic rings. The first-order valence-corrected chi connectivity index (χ1v) is 9.61. The van der Waals surface area contributed by atoms with Crippen molar-refractivity contribution in [2.24, 2.45) is 5.92 Å². The standard InChI is InChI=1S/C21H23N5O/c1-15-22-23-19-10-9-17(14-26(15)19)21(27)25-13-12-24-11-5-8-18(24)20(25)16-6-3-2-4-7-16/h2-8,11,17,20H,9-10,12-14H2,1H3/t17-,20+/m1/s1. The van der Waals surface area contributed by atoms with Crippen LogP contribution in [0.3, 0.4) is 0 Å². The van der Waals surface area contributed by atoms with Gasteiger partial charge in [-0.15, -0.1) is 10.2 Å². The molecule has 4 heterocycles. The molecule has 3 aromatic rings. The zero-order valence-electron chi connectivity index (χ0n) is 15.5. The first kappa shape index (κ1) is 16.3. The topological polar surface area (TPSA) is 56.0 Å². The summed E-state index contributed by atoms with van der Waals surface area (Å²) in [4.78, 5) is 15.7. The minimum absolute atomic E-state index is 0.0140. The van der Waals surface area contributed by atoms with Gasteiger partial charge in [-0.1, -0.05) is 30.3 Å². The van der Waals surface area contributed by atoms with Gasteiger partial charge in [0.05, 0.1) is 12.0 Å². The molecule has 1 aromatic carbocycles. The van der Waals surface area contributed by atoms with Crippen LogP contribution in [-0.4, -0.2) is 36.7 Å². The van der Waals surface area contributed by atoms with Crippen LogP contribution < -0.4 is 0 Å². The molecule has 6 nitrogen and oxygen atoms in total. The molecule has 0 N–H and O–H groups in total. The van der Waals surface area contributed by atoms with Gasteiger partial charge >= 0.3 is 0 Å². The molecule has 0 radical (unpaired) electrons. The molecule has 5 rings (SSSR count). The SMILES string of the molecule is Cc1nnc2n1C[C@H](C(=O)N1CCn3cccc3[C@@H]1c1ccccc1)CC2. The highest BCUT2D eigenvalue weighted by Crippen LogP contribution is 2.34. The molecule has 27 heavy (non-hydrogen) atoms. The third kappa shape index (κ3) is 2.67. The summed E-state index contributed by atoms with van der Waals surface area (Å²) in [6, 6.07) is 14.6. The van der Waals surface area contributed by atoms with Crippen molar-refractivity contribution in [1.29, 1.82) is 0 Å². The average Bonchev–Trinajstić information content (AvgIpc) is 3.34. The van der Waals surface area contributed by atoms with E-state index in [0.29, 0.717) is 6.54 Å². The Morgan fingerprint density at radius 2 is 1.93 bits per heavy atom. The predicted molar refractivity (Wildman–Crippen MR) is 101 cm³/mol. The molecule has 0 saturated carbocycles. The van der Waals surface area contributed by atoms with Gasteiger partial charge in [-0.2, -0.15) is 0 Å². The molecule has 0 bridgehead atoms. The van der Waals surface area contributed by atoms with E-state index in [2.05, 4.69) is 54.7 Å². The number of carbonyl (C=O) groups is 1. The predicted octanol–water partition coefficient (Wildman–Crippen LogP) is 2.58. The van der Waals surface area contributed by atoms with Crippen LogP contribution in [0.4, 0.5) is 0 Å². The lowest BCUT2D eigenvalue weighted by molar-refractivity contribution is -0.139. The molecule has 0 fully saturated rings. The lowest BCUT2D eigenvalue weighted by Gasteiger charge is -2.40. The van der Waals surface area contributed by atoms with Crippen molar-refractivity contribution < 1.29 is 4.79 Å². The van der Waals surface area contributed by atoms with E-state index >= 15 is 0 Å². The van der Waals surface area contributed by atoms with E-state index in [9.17, 15) is 4.79 Å². The van der Waals surface area contributed by atoms with E-state index in [1.165, 1.54) is 11.3 Å². The molecule has 0 aliphatic carbocycles. The molecule has 6 heteroatoms. The number of hydrogen-bond donors (Lipinski definition) is 0. The van der Waals surface area contributed by atoms with Crippen molar-refractivity contribution in [2.75, 3.05) is 6.54 Å². The Morgan fingerprint density at radius 1 is 1.07 bits per heavy atom. The summed E-state index contributed by atoms with van der Waals surface area (Å²) in [7, 11) is 0. The van der Waals surface area contributed by atoms with Gasteiger partial charge < -0.3 is 14.0 Å². The maximum Gasteiger partial charge on any atom is 0.228 e. The quantitative estimate of drug-likeness (QED) is 0.705. The van der Waals surface area contributed by atoms with Crippen molar-refractivity contribution in [2.45, 2.75) is 38.9 Å². The van der Waals surface area contributed by atoms with Gasteiger partial charge in [0, 0.05) is 37.9 Å². The smallest absolute Gasteiger partial charge is 0.228 e. The van der Waals surface area contributed by atoms with Gasteiger partial charge in [0.15, 0.2) is 0 Å². The fraction of sp³-hybridized carbons (Fsp3) is 0.381. The number of rotatable bonds is 2. The second kappa shape index (κ2) is 6.37. The van der Waals surface area contributed by atoms with Gasteiger partial charge in [0.1, 0.15) is 11.6 Å². The van der Waals surface area contributed by atoms with E-state index < -0.39 is 0 Å². The van der Waals surface area contributed by atoms with Gasteiger partial charge in [0.2, 0.25) is 5.91 Å². The Bertz CT molecular complexity index is 974. The Labute approximate surface area is 158 Å². The molecular formula is C21H23N5O. The maximum atomic E-state index is 13.6. The molecule has 2 aliphatic heterocycles. The fourth-order valence-corrected chi connectivity index (χ4v) is 4.51. The average molecular weight is 361 g/mol. The van der Waals surface area contributed by atoms with E-state index in [4.69, 9.17) is 0 Å². The van der Waals surface area contributed by atoms with Crippen molar-refractivity contribution in [3.63, 3.8) is 0 Å². The molecule has 0 saturated heterocycles. The largest absolute Gasteiger partial charge is 0.348 e. The number of carbonyl (C=O) groups excluding carboxylic acids is 1. The van der Waals surface area contributed by atoms with Gasteiger partial charge in [-0.25, -0.2) is 0 Å². The van der Waals surface area contributed by atoms with Crippen LogP contribution in [-0.2, 0) is 24.3 Å². The molecular weight excluding hydrogens is 338 g/mol. The maximum absolute atomic E-state index is 13.6. The third-order valence-electron chi connectivity index (χ3n) is 5.92. The second-order valence-electron chi connectivity index (χ2n) is 7.48. The fourth-order valence-electron chi connectivity index (χ4n) is 4.51. The van der Waals surface area contributed by atoms with Crippen LogP contribution in [0, 0.1) is 12.8 Å². The highest BCUT2D eigenvalue weighted by atomic mass is 16.2. The molecule has 1 amide bonds. The summed E-state index contributed by atoms with van der Waals surface area (Å²) in [6.45, 7) is 4.24. The highest BCUT2D eigenvalue weighted by Gasteiger charge is 2.37. The third-order valence-corrected chi connectivity index (χ3v) is 5.92. The van der Waals surface area contributed by atoms with Crippen molar-refractivity contribution in [3.05, 3.63) is 71.6 Å². The van der Waals surface area contributed by atoms with Crippen LogP contribution >= 0.6 is 0 Å².